The van der Waals surface area contributed by atoms with Crippen LogP contribution >= 0.6 is 12.2 Å². The summed E-state index contributed by atoms with van der Waals surface area (Å²) >= 11 is 5.34. The Hall–Kier alpha value is -2.16. The Morgan fingerprint density at radius 3 is 1.84 bits per heavy atom. The van der Waals surface area contributed by atoms with E-state index in [9.17, 15) is 4.79 Å². The van der Waals surface area contributed by atoms with Crippen molar-refractivity contribution in [2.45, 2.75) is 50.8 Å². The van der Waals surface area contributed by atoms with Crippen LogP contribution in [0.1, 0.15) is 33.6 Å². The molecule has 0 aromatic carbocycles. The number of nitrogens with two attached hydrogens (primary N) is 1. The Kier molecular flexibility index (Phi) is 14.5. The molecule has 172 valence electrons. The maximum Gasteiger partial charge on any atom is 0.323 e. The highest BCUT2D eigenvalue weighted by molar-refractivity contribution is 7.80. The highest BCUT2D eigenvalue weighted by Crippen LogP contribution is 2.11. The van der Waals surface area contributed by atoms with Crippen molar-refractivity contribution in [3.05, 3.63) is 0 Å². The molecule has 0 aliphatic heterocycles. The zero-order valence-corrected chi connectivity index (χ0v) is 19.3. The number of esters is 1. The molecule has 0 fully saturated rings. The predicted octanol–water partition coefficient (Wildman–Crippen LogP) is 0.545. The van der Waals surface area contributed by atoms with E-state index in [4.69, 9.17) is 56.2 Å². The lowest BCUT2D eigenvalue weighted by Gasteiger charge is -2.34. The van der Waals surface area contributed by atoms with E-state index in [-0.39, 0.29) is 39.6 Å². The fraction of sp³-hybridized carbons (Fsp3) is 0.636. The standard InChI is InChI=1S/C22H33N3O5S/c1-7-12-27-15-22(16-28-13-8-2,17-29-14-9-3)25-24-19(31)11-10-18(23)20(26)30-21(4,5)6/h1-3,18,25H,10-17,23H2,4-6H3,(H,24,31). The molecule has 9 heteroatoms. The van der Waals surface area contributed by atoms with E-state index < -0.39 is 23.2 Å². The number of terminal acetylenes is 3. The fourth-order valence-corrected chi connectivity index (χ4v) is 2.36. The molecule has 0 aliphatic rings. The minimum Gasteiger partial charge on any atom is -0.459 e. The molecule has 1 unspecified atom stereocenters. The largest absolute Gasteiger partial charge is 0.459 e. The van der Waals surface area contributed by atoms with E-state index >= 15 is 0 Å². The normalized spacial score (nSPS) is 12.2. The molecule has 0 bridgehead atoms. The summed E-state index contributed by atoms with van der Waals surface area (Å²) in [6.07, 6.45) is 16.4. The SMILES string of the molecule is C#CCOCC(COCC#C)(COCC#C)NNC(=S)CCC(N)C(=O)OC(C)(C)C. The van der Waals surface area contributed by atoms with Crippen LogP contribution in [-0.2, 0) is 23.7 Å². The number of rotatable bonds is 15. The van der Waals surface area contributed by atoms with Crippen molar-refractivity contribution in [2.75, 3.05) is 39.6 Å². The van der Waals surface area contributed by atoms with E-state index in [1.54, 1.807) is 20.8 Å². The van der Waals surface area contributed by atoms with Crippen molar-refractivity contribution in [2.24, 2.45) is 5.73 Å². The monoisotopic (exact) mass is 451 g/mol. The second-order valence-corrected chi connectivity index (χ2v) is 8.22. The number of hydrogen-bond donors (Lipinski definition) is 3. The summed E-state index contributed by atoms with van der Waals surface area (Å²) in [7, 11) is 0. The number of hydrogen-bond acceptors (Lipinski definition) is 8. The minimum absolute atomic E-state index is 0.100. The highest BCUT2D eigenvalue weighted by atomic mass is 32.1. The molecular formula is C22H33N3O5S. The summed E-state index contributed by atoms with van der Waals surface area (Å²) in [6, 6.07) is -0.791. The first-order valence-corrected chi connectivity index (χ1v) is 10.1. The molecule has 1 atom stereocenters. The maximum atomic E-state index is 12.0. The van der Waals surface area contributed by atoms with Crippen LogP contribution in [0.25, 0.3) is 0 Å². The number of carbonyl (C=O) groups excluding carboxylic acids is 1. The van der Waals surface area contributed by atoms with Gasteiger partial charge in [0.15, 0.2) is 0 Å². The molecule has 4 N–H and O–H groups in total. The zero-order valence-electron chi connectivity index (χ0n) is 18.5. The van der Waals surface area contributed by atoms with E-state index in [1.807, 2.05) is 0 Å². The summed E-state index contributed by atoms with van der Waals surface area (Å²) in [5, 5.41) is 0. The quantitative estimate of drug-likeness (QED) is 0.108. The smallest absolute Gasteiger partial charge is 0.323 e. The van der Waals surface area contributed by atoms with Gasteiger partial charge in [0.25, 0.3) is 0 Å². The van der Waals surface area contributed by atoms with Gasteiger partial charge in [-0.25, -0.2) is 5.43 Å². The Bertz CT molecular complexity index is 635. The predicted molar refractivity (Wildman–Crippen MR) is 124 cm³/mol. The van der Waals surface area contributed by atoms with Crippen molar-refractivity contribution in [3.63, 3.8) is 0 Å². The summed E-state index contributed by atoms with van der Waals surface area (Å²) in [5.74, 6) is 6.72. The number of thiocarbonyl (C=S) groups is 1. The third-order valence-electron chi connectivity index (χ3n) is 3.55. The Balaban J connectivity index is 4.92. The van der Waals surface area contributed by atoms with Crippen LogP contribution in [-0.4, -0.2) is 67.8 Å². The average molecular weight is 452 g/mol. The van der Waals surface area contributed by atoms with Gasteiger partial charge in [0.1, 0.15) is 37.0 Å². The number of ether oxygens (including phenoxy) is 4. The van der Waals surface area contributed by atoms with Gasteiger partial charge in [-0.05, 0) is 27.2 Å². The molecule has 0 saturated carbocycles. The Morgan fingerprint density at radius 1 is 1.00 bits per heavy atom. The molecule has 0 aliphatic carbocycles. The van der Waals surface area contributed by atoms with Crippen LogP contribution in [0.5, 0.6) is 0 Å². The second kappa shape index (κ2) is 15.6. The van der Waals surface area contributed by atoms with Crippen molar-refractivity contribution >= 4 is 23.2 Å². The maximum absolute atomic E-state index is 12.0. The first-order valence-electron chi connectivity index (χ1n) is 9.67. The van der Waals surface area contributed by atoms with Crippen LogP contribution in [0.15, 0.2) is 0 Å². The number of nitrogens with one attached hydrogen (secondary N) is 2. The summed E-state index contributed by atoms with van der Waals surface area (Å²) in [6.45, 7) is 6.05. The van der Waals surface area contributed by atoms with Gasteiger partial charge in [0.2, 0.25) is 0 Å². The van der Waals surface area contributed by atoms with Crippen molar-refractivity contribution in [1.29, 1.82) is 0 Å². The van der Waals surface area contributed by atoms with Crippen LogP contribution in [0.4, 0.5) is 0 Å². The van der Waals surface area contributed by atoms with Crippen LogP contribution in [0.3, 0.4) is 0 Å². The van der Waals surface area contributed by atoms with Gasteiger partial charge in [-0.1, -0.05) is 30.0 Å². The van der Waals surface area contributed by atoms with E-state index in [1.165, 1.54) is 0 Å². The van der Waals surface area contributed by atoms with Gasteiger partial charge in [-0.2, -0.15) is 0 Å². The third kappa shape index (κ3) is 14.5. The van der Waals surface area contributed by atoms with E-state index in [2.05, 4.69) is 28.6 Å². The zero-order chi connectivity index (χ0) is 23.8. The lowest BCUT2D eigenvalue weighted by Crippen LogP contribution is -2.62. The second-order valence-electron chi connectivity index (χ2n) is 7.72. The van der Waals surface area contributed by atoms with Crippen LogP contribution < -0.4 is 16.6 Å². The van der Waals surface area contributed by atoms with E-state index in [0.29, 0.717) is 17.8 Å². The lowest BCUT2D eigenvalue weighted by molar-refractivity contribution is -0.156. The van der Waals surface area contributed by atoms with Gasteiger partial charge < -0.3 is 30.1 Å². The Labute approximate surface area is 191 Å². The molecule has 0 spiro atoms. The molecule has 0 aromatic rings. The summed E-state index contributed by atoms with van der Waals surface area (Å²) < 4.78 is 21.7. The molecule has 0 saturated heterocycles. The topological polar surface area (TPSA) is 104 Å². The van der Waals surface area contributed by atoms with Gasteiger partial charge in [0.05, 0.1) is 24.8 Å². The number of carbonyl (C=O) groups is 1. The molecule has 0 rings (SSSR count). The summed E-state index contributed by atoms with van der Waals surface area (Å²) in [4.78, 5) is 12.4. The van der Waals surface area contributed by atoms with Crippen molar-refractivity contribution < 1.29 is 23.7 Å². The molecule has 0 heterocycles. The first kappa shape index (κ1) is 28.8. The molecule has 0 amide bonds. The average Bonchev–Trinajstić information content (AvgIpc) is 2.69. The van der Waals surface area contributed by atoms with Crippen molar-refractivity contribution in [1.82, 2.24) is 10.9 Å². The highest BCUT2D eigenvalue weighted by Gasteiger charge is 2.32. The van der Waals surface area contributed by atoms with Crippen LogP contribution in [0, 0.1) is 37.0 Å². The minimum atomic E-state index is -0.873. The van der Waals surface area contributed by atoms with Gasteiger partial charge in [-0.3, -0.25) is 4.79 Å². The fourth-order valence-electron chi connectivity index (χ4n) is 2.20. The molecule has 0 aromatic heterocycles. The van der Waals surface area contributed by atoms with Gasteiger partial charge >= 0.3 is 5.97 Å². The first-order chi connectivity index (χ1) is 14.6. The molecule has 31 heavy (non-hydrogen) atoms. The van der Waals surface area contributed by atoms with Crippen LogP contribution in [0.2, 0.25) is 0 Å². The molecule has 8 nitrogen and oxygen atoms in total. The van der Waals surface area contributed by atoms with Gasteiger partial charge in [-0.15, -0.1) is 19.3 Å². The number of hydrazine groups is 1. The van der Waals surface area contributed by atoms with Crippen molar-refractivity contribution in [3.8, 4) is 37.0 Å². The van der Waals surface area contributed by atoms with Gasteiger partial charge in [0, 0.05) is 6.42 Å². The molecule has 0 radical (unpaired) electrons. The van der Waals surface area contributed by atoms with E-state index in [0.717, 1.165) is 0 Å². The Morgan fingerprint density at radius 2 is 1.45 bits per heavy atom. The molecular weight excluding hydrogens is 418 g/mol. The third-order valence-corrected chi connectivity index (χ3v) is 3.86. The summed E-state index contributed by atoms with van der Waals surface area (Å²) in [5.41, 5.74) is 10.4. The lowest BCUT2D eigenvalue weighted by atomic mass is 10.0.